The van der Waals surface area contributed by atoms with Crippen molar-refractivity contribution in [3.8, 4) is 0 Å². The highest BCUT2D eigenvalue weighted by molar-refractivity contribution is 5.68. The maximum Gasteiger partial charge on any atom is 0.407 e. The molecule has 4 nitrogen and oxygen atoms in total. The zero-order valence-electron chi connectivity index (χ0n) is 7.71. The molecule has 0 radical (unpaired) electrons. The highest BCUT2D eigenvalue weighted by Crippen LogP contribution is 2.20. The van der Waals surface area contributed by atoms with E-state index in [4.69, 9.17) is 4.74 Å². The Labute approximate surface area is 78.0 Å². The number of hydrogen-bond acceptors (Lipinski definition) is 3. The summed E-state index contributed by atoms with van der Waals surface area (Å²) in [5.74, 6) is 0. The van der Waals surface area contributed by atoms with Gasteiger partial charge in [-0.25, -0.2) is 4.79 Å². The summed E-state index contributed by atoms with van der Waals surface area (Å²) in [6, 6.07) is 0.286. The smallest absolute Gasteiger partial charge is 0.407 e. The first-order valence-corrected chi connectivity index (χ1v) is 5.02. The maximum atomic E-state index is 11.2. The molecule has 2 fully saturated rings. The monoisotopic (exact) mass is 184 g/mol. The minimum absolute atomic E-state index is 0.174. The molecule has 1 saturated heterocycles. The lowest BCUT2D eigenvalue weighted by Crippen LogP contribution is -2.57. The number of rotatable bonds is 2. The topological polar surface area (TPSA) is 50.4 Å². The maximum absolute atomic E-state index is 11.2. The van der Waals surface area contributed by atoms with Crippen molar-refractivity contribution in [2.75, 3.05) is 13.1 Å². The molecular weight excluding hydrogens is 168 g/mol. The molecule has 2 aliphatic rings. The lowest BCUT2D eigenvalue weighted by molar-refractivity contribution is 0.0953. The summed E-state index contributed by atoms with van der Waals surface area (Å²) >= 11 is 0. The molecule has 1 aliphatic carbocycles. The second-order valence-corrected chi connectivity index (χ2v) is 3.81. The average Bonchev–Trinajstić information content (AvgIpc) is 2.49. The molecule has 0 aromatic rings. The van der Waals surface area contributed by atoms with Gasteiger partial charge in [-0.1, -0.05) is 0 Å². The Bertz CT molecular complexity index is 186. The van der Waals surface area contributed by atoms with E-state index in [1.165, 1.54) is 12.8 Å². The van der Waals surface area contributed by atoms with Gasteiger partial charge in [0.25, 0.3) is 0 Å². The molecule has 2 N–H and O–H groups in total. The van der Waals surface area contributed by atoms with E-state index < -0.39 is 0 Å². The largest absolute Gasteiger partial charge is 0.446 e. The summed E-state index contributed by atoms with van der Waals surface area (Å²) in [7, 11) is 0. The summed E-state index contributed by atoms with van der Waals surface area (Å²) in [5, 5.41) is 5.91. The Balaban J connectivity index is 1.64. The minimum atomic E-state index is -0.238. The third-order valence-electron chi connectivity index (χ3n) is 2.68. The summed E-state index contributed by atoms with van der Waals surface area (Å²) in [6.45, 7) is 1.75. The van der Waals surface area contributed by atoms with Gasteiger partial charge in [-0.2, -0.15) is 0 Å². The number of hydrogen-bond donors (Lipinski definition) is 2. The van der Waals surface area contributed by atoms with Crippen LogP contribution in [0.3, 0.4) is 0 Å². The number of nitrogens with one attached hydrogen (secondary N) is 2. The Morgan fingerprint density at radius 3 is 2.54 bits per heavy atom. The number of carbonyl (C=O) groups excluding carboxylic acids is 1. The zero-order valence-corrected chi connectivity index (χ0v) is 7.71. The van der Waals surface area contributed by atoms with Crippen LogP contribution in [-0.2, 0) is 4.74 Å². The highest BCUT2D eigenvalue weighted by Gasteiger charge is 2.23. The molecule has 0 bridgehead atoms. The summed E-state index contributed by atoms with van der Waals surface area (Å²) in [4.78, 5) is 11.2. The molecule has 13 heavy (non-hydrogen) atoms. The van der Waals surface area contributed by atoms with Crippen molar-refractivity contribution in [1.82, 2.24) is 10.6 Å². The number of carbonyl (C=O) groups is 1. The summed E-state index contributed by atoms with van der Waals surface area (Å²) < 4.78 is 5.24. The number of alkyl carbamates (subject to hydrolysis) is 1. The van der Waals surface area contributed by atoms with Crippen LogP contribution in [0.4, 0.5) is 4.79 Å². The van der Waals surface area contributed by atoms with E-state index in [9.17, 15) is 4.79 Å². The molecule has 4 heteroatoms. The van der Waals surface area contributed by atoms with Crippen molar-refractivity contribution in [2.45, 2.75) is 37.8 Å². The van der Waals surface area contributed by atoms with Gasteiger partial charge < -0.3 is 15.4 Å². The van der Waals surface area contributed by atoms with E-state index in [-0.39, 0.29) is 18.2 Å². The van der Waals surface area contributed by atoms with E-state index in [2.05, 4.69) is 10.6 Å². The third-order valence-corrected chi connectivity index (χ3v) is 2.68. The van der Waals surface area contributed by atoms with Crippen LogP contribution in [0.25, 0.3) is 0 Å². The van der Waals surface area contributed by atoms with Crippen LogP contribution in [0, 0.1) is 0 Å². The Morgan fingerprint density at radius 1 is 1.31 bits per heavy atom. The Hall–Kier alpha value is -0.770. The number of amides is 1. The van der Waals surface area contributed by atoms with Crippen LogP contribution >= 0.6 is 0 Å². The van der Waals surface area contributed by atoms with Gasteiger partial charge in [0.2, 0.25) is 0 Å². The molecule has 0 aromatic heterocycles. The third kappa shape index (κ3) is 2.34. The van der Waals surface area contributed by atoms with Gasteiger partial charge in [-0.15, -0.1) is 0 Å². The van der Waals surface area contributed by atoms with E-state index in [1.807, 2.05) is 0 Å². The van der Waals surface area contributed by atoms with Gasteiger partial charge in [0.05, 0.1) is 6.04 Å². The van der Waals surface area contributed by atoms with Crippen LogP contribution < -0.4 is 10.6 Å². The quantitative estimate of drug-likeness (QED) is 0.661. The van der Waals surface area contributed by atoms with Crippen LogP contribution in [0.15, 0.2) is 0 Å². The molecule has 74 valence electrons. The van der Waals surface area contributed by atoms with Crippen LogP contribution in [0.2, 0.25) is 0 Å². The molecule has 1 saturated carbocycles. The van der Waals surface area contributed by atoms with Crippen molar-refractivity contribution < 1.29 is 9.53 Å². The molecule has 1 aliphatic heterocycles. The van der Waals surface area contributed by atoms with Crippen LogP contribution in [0.1, 0.15) is 25.7 Å². The lowest BCUT2D eigenvalue weighted by atomic mass is 10.2. The van der Waals surface area contributed by atoms with Gasteiger partial charge >= 0.3 is 6.09 Å². The molecule has 2 rings (SSSR count). The van der Waals surface area contributed by atoms with Gasteiger partial charge in [-0.3, -0.25) is 0 Å². The van der Waals surface area contributed by atoms with Crippen LogP contribution in [0.5, 0.6) is 0 Å². The minimum Gasteiger partial charge on any atom is -0.446 e. The van der Waals surface area contributed by atoms with Gasteiger partial charge in [0.1, 0.15) is 6.10 Å². The predicted octanol–water partition coefficient (Wildman–Crippen LogP) is 0.627. The van der Waals surface area contributed by atoms with Crippen LogP contribution in [-0.4, -0.2) is 31.3 Å². The first kappa shape index (κ1) is 8.81. The molecule has 0 aromatic carbocycles. The standard InChI is InChI=1S/C9H16N2O2/c12-9(11-7-5-10-6-7)13-8-3-1-2-4-8/h7-8,10H,1-6H2,(H,11,12). The van der Waals surface area contributed by atoms with Gasteiger partial charge in [0.15, 0.2) is 0 Å². The fourth-order valence-corrected chi connectivity index (χ4v) is 1.75. The van der Waals surface area contributed by atoms with E-state index in [1.54, 1.807) is 0 Å². The predicted molar refractivity (Wildman–Crippen MR) is 48.5 cm³/mol. The summed E-state index contributed by atoms with van der Waals surface area (Å²) in [5.41, 5.74) is 0. The first-order valence-electron chi connectivity index (χ1n) is 5.02. The molecule has 0 unspecified atom stereocenters. The molecule has 1 heterocycles. The van der Waals surface area contributed by atoms with Crippen molar-refractivity contribution in [3.63, 3.8) is 0 Å². The molecular formula is C9H16N2O2. The van der Waals surface area contributed by atoms with Crippen molar-refractivity contribution >= 4 is 6.09 Å². The Morgan fingerprint density at radius 2 is 2.00 bits per heavy atom. The van der Waals surface area contributed by atoms with Gasteiger partial charge in [-0.05, 0) is 25.7 Å². The fraction of sp³-hybridized carbons (Fsp3) is 0.889. The average molecular weight is 184 g/mol. The molecule has 0 atom stereocenters. The highest BCUT2D eigenvalue weighted by atomic mass is 16.6. The van der Waals surface area contributed by atoms with Gasteiger partial charge in [0, 0.05) is 13.1 Å². The molecule has 0 spiro atoms. The second kappa shape index (κ2) is 3.96. The van der Waals surface area contributed by atoms with Crippen molar-refractivity contribution in [1.29, 1.82) is 0 Å². The second-order valence-electron chi connectivity index (χ2n) is 3.81. The summed E-state index contributed by atoms with van der Waals surface area (Å²) in [6.07, 6.45) is 4.41. The van der Waals surface area contributed by atoms with Crippen molar-refractivity contribution in [2.24, 2.45) is 0 Å². The fourth-order valence-electron chi connectivity index (χ4n) is 1.75. The van der Waals surface area contributed by atoms with E-state index in [0.717, 1.165) is 25.9 Å². The first-order chi connectivity index (χ1) is 6.34. The normalized spacial score (nSPS) is 24.0. The SMILES string of the molecule is O=C(NC1CNC1)OC1CCCC1. The lowest BCUT2D eigenvalue weighted by Gasteiger charge is -2.28. The van der Waals surface area contributed by atoms with E-state index >= 15 is 0 Å². The number of ether oxygens (including phenoxy) is 1. The van der Waals surface area contributed by atoms with E-state index in [0.29, 0.717) is 0 Å². The zero-order chi connectivity index (χ0) is 9.10. The molecule has 1 amide bonds. The Kier molecular flexibility index (Phi) is 2.68. The van der Waals surface area contributed by atoms with Crippen molar-refractivity contribution in [3.05, 3.63) is 0 Å².